The molecule has 0 amide bonds. The van der Waals surface area contributed by atoms with Crippen LogP contribution in [-0.4, -0.2) is 6.54 Å². The highest BCUT2D eigenvalue weighted by Gasteiger charge is 2.18. The second kappa shape index (κ2) is 4.65. The summed E-state index contributed by atoms with van der Waals surface area (Å²) < 4.78 is 0.979. The zero-order valence-corrected chi connectivity index (χ0v) is 11.7. The maximum atomic E-state index is 5.81. The molecule has 0 atom stereocenters. The predicted octanol–water partition coefficient (Wildman–Crippen LogP) is 3.59. The maximum Gasteiger partial charge on any atom is 0.0458 e. The van der Waals surface area contributed by atoms with Crippen molar-refractivity contribution in [3.63, 3.8) is 0 Å². The molecule has 18 heavy (non-hydrogen) atoms. The van der Waals surface area contributed by atoms with Crippen molar-refractivity contribution in [1.82, 2.24) is 0 Å². The van der Waals surface area contributed by atoms with E-state index in [0.717, 1.165) is 29.7 Å². The number of hydrogen-bond donors (Lipinski definition) is 1. The van der Waals surface area contributed by atoms with Crippen LogP contribution in [0, 0.1) is 0 Å². The first-order valence-corrected chi connectivity index (χ1v) is 6.90. The number of benzene rings is 2. The Bertz CT molecular complexity index is 580. The fourth-order valence-corrected chi connectivity index (χ4v) is 2.89. The molecule has 0 radical (unpaired) electrons. The number of nitrogen functional groups attached to an aromatic ring is 1. The van der Waals surface area contributed by atoms with Gasteiger partial charge in [0, 0.05) is 28.9 Å². The summed E-state index contributed by atoms with van der Waals surface area (Å²) in [4.78, 5) is 2.42. The van der Waals surface area contributed by atoms with E-state index in [0.29, 0.717) is 0 Å². The molecule has 2 aromatic rings. The number of para-hydroxylation sites is 1. The van der Waals surface area contributed by atoms with Crippen LogP contribution in [0.4, 0.5) is 11.4 Å². The van der Waals surface area contributed by atoms with Crippen LogP contribution in [0.1, 0.15) is 11.1 Å². The average molecular weight is 303 g/mol. The molecule has 1 aliphatic rings. The Morgan fingerprint density at radius 3 is 2.83 bits per heavy atom. The van der Waals surface area contributed by atoms with Crippen LogP contribution in [0.15, 0.2) is 46.9 Å². The number of fused-ring (bicyclic) bond motifs is 1. The van der Waals surface area contributed by atoms with Crippen LogP contribution >= 0.6 is 15.9 Å². The number of anilines is 2. The van der Waals surface area contributed by atoms with Crippen molar-refractivity contribution in [1.29, 1.82) is 0 Å². The molecule has 92 valence electrons. The summed E-state index contributed by atoms with van der Waals surface area (Å²) >= 11 is 3.48. The van der Waals surface area contributed by atoms with Gasteiger partial charge in [-0.3, -0.25) is 0 Å². The molecular formula is C15H15BrN2. The highest BCUT2D eigenvalue weighted by molar-refractivity contribution is 9.10. The van der Waals surface area contributed by atoms with Gasteiger partial charge in [-0.15, -0.1) is 0 Å². The zero-order valence-electron chi connectivity index (χ0n) is 10.1. The van der Waals surface area contributed by atoms with Crippen molar-refractivity contribution in [2.45, 2.75) is 13.0 Å². The lowest BCUT2D eigenvalue weighted by molar-refractivity contribution is 0.836. The van der Waals surface area contributed by atoms with Gasteiger partial charge in [0.05, 0.1) is 0 Å². The summed E-state index contributed by atoms with van der Waals surface area (Å²) in [6.45, 7) is 2.04. The van der Waals surface area contributed by atoms with Crippen LogP contribution in [0.5, 0.6) is 0 Å². The normalized spacial score (nSPS) is 13.7. The smallest absolute Gasteiger partial charge is 0.0458 e. The molecule has 0 aliphatic carbocycles. The summed E-state index contributed by atoms with van der Waals surface area (Å²) in [5, 5.41) is 0. The highest BCUT2D eigenvalue weighted by atomic mass is 79.9. The first-order valence-electron chi connectivity index (χ1n) is 6.11. The molecule has 1 heterocycles. The van der Waals surface area contributed by atoms with E-state index in [-0.39, 0.29) is 0 Å². The lowest BCUT2D eigenvalue weighted by Crippen LogP contribution is -2.19. The molecule has 3 rings (SSSR count). The molecule has 0 bridgehead atoms. The maximum absolute atomic E-state index is 5.81. The molecule has 1 aliphatic heterocycles. The van der Waals surface area contributed by atoms with E-state index >= 15 is 0 Å². The van der Waals surface area contributed by atoms with Gasteiger partial charge in [-0.1, -0.05) is 24.3 Å². The second-order valence-corrected chi connectivity index (χ2v) is 5.51. The topological polar surface area (TPSA) is 29.3 Å². The molecule has 0 spiro atoms. The van der Waals surface area contributed by atoms with E-state index in [1.54, 1.807) is 0 Å². The van der Waals surface area contributed by atoms with Crippen LogP contribution in [-0.2, 0) is 13.0 Å². The fourth-order valence-electron chi connectivity index (χ4n) is 2.46. The Balaban J connectivity index is 1.84. The van der Waals surface area contributed by atoms with E-state index < -0.39 is 0 Å². The van der Waals surface area contributed by atoms with Gasteiger partial charge < -0.3 is 10.6 Å². The van der Waals surface area contributed by atoms with Crippen LogP contribution in [0.3, 0.4) is 0 Å². The number of rotatable bonds is 2. The number of hydrogen-bond acceptors (Lipinski definition) is 2. The lowest BCUT2D eigenvalue weighted by atomic mass is 10.1. The lowest BCUT2D eigenvalue weighted by Gasteiger charge is -2.19. The van der Waals surface area contributed by atoms with E-state index in [4.69, 9.17) is 5.73 Å². The quantitative estimate of drug-likeness (QED) is 0.859. The molecule has 2 N–H and O–H groups in total. The number of nitrogens with zero attached hydrogens (tertiary/aromatic N) is 1. The van der Waals surface area contributed by atoms with Crippen LogP contribution < -0.4 is 10.6 Å². The Morgan fingerprint density at radius 2 is 2.00 bits per heavy atom. The third kappa shape index (κ3) is 2.10. The van der Waals surface area contributed by atoms with Crippen molar-refractivity contribution < 1.29 is 0 Å². The molecule has 0 unspecified atom stereocenters. The van der Waals surface area contributed by atoms with E-state index in [9.17, 15) is 0 Å². The third-order valence-corrected chi connectivity index (χ3v) is 4.11. The van der Waals surface area contributed by atoms with Crippen molar-refractivity contribution in [3.8, 4) is 0 Å². The van der Waals surface area contributed by atoms with E-state index in [1.807, 2.05) is 6.07 Å². The van der Waals surface area contributed by atoms with Gasteiger partial charge in [0.1, 0.15) is 0 Å². The summed E-state index contributed by atoms with van der Waals surface area (Å²) in [7, 11) is 0. The minimum absolute atomic E-state index is 0.792. The molecule has 0 fully saturated rings. The standard InChI is InChI=1S/C15H15BrN2/c16-13-9-11(5-6-14(13)17)10-18-8-7-12-3-1-2-4-15(12)18/h1-6,9H,7-8,10,17H2. The Morgan fingerprint density at radius 1 is 1.17 bits per heavy atom. The molecule has 2 nitrogen and oxygen atoms in total. The first kappa shape index (κ1) is 11.6. The van der Waals surface area contributed by atoms with Gasteiger partial charge in [-0.2, -0.15) is 0 Å². The summed E-state index contributed by atoms with van der Waals surface area (Å²) in [6, 6.07) is 14.8. The molecule has 0 aromatic heterocycles. The summed E-state index contributed by atoms with van der Waals surface area (Å²) in [6.07, 6.45) is 1.15. The minimum Gasteiger partial charge on any atom is -0.398 e. The van der Waals surface area contributed by atoms with E-state index in [1.165, 1.54) is 16.8 Å². The largest absolute Gasteiger partial charge is 0.398 e. The van der Waals surface area contributed by atoms with Crippen molar-refractivity contribution in [3.05, 3.63) is 58.1 Å². The third-order valence-electron chi connectivity index (χ3n) is 3.42. The Labute approximate surface area is 116 Å². The molecule has 3 heteroatoms. The Kier molecular flexibility index (Phi) is 3.00. The van der Waals surface area contributed by atoms with Crippen LogP contribution in [0.25, 0.3) is 0 Å². The summed E-state index contributed by atoms with van der Waals surface area (Å²) in [5.41, 5.74) is 10.7. The minimum atomic E-state index is 0.792. The van der Waals surface area contributed by atoms with Gasteiger partial charge in [0.25, 0.3) is 0 Å². The number of halogens is 1. The SMILES string of the molecule is Nc1ccc(CN2CCc3ccccc32)cc1Br. The van der Waals surface area contributed by atoms with Crippen LogP contribution in [0.2, 0.25) is 0 Å². The van der Waals surface area contributed by atoms with Gasteiger partial charge in [0.15, 0.2) is 0 Å². The molecule has 0 saturated heterocycles. The van der Waals surface area contributed by atoms with Crippen molar-refractivity contribution in [2.75, 3.05) is 17.2 Å². The van der Waals surface area contributed by atoms with Crippen molar-refractivity contribution >= 4 is 27.3 Å². The second-order valence-electron chi connectivity index (χ2n) is 4.66. The fraction of sp³-hybridized carbons (Fsp3) is 0.200. The summed E-state index contributed by atoms with van der Waals surface area (Å²) in [5.74, 6) is 0. The predicted molar refractivity (Wildman–Crippen MR) is 79.8 cm³/mol. The van der Waals surface area contributed by atoms with Gasteiger partial charge in [-0.25, -0.2) is 0 Å². The molecule has 2 aromatic carbocycles. The monoisotopic (exact) mass is 302 g/mol. The van der Waals surface area contributed by atoms with Gasteiger partial charge in [-0.05, 0) is 51.7 Å². The first-order chi connectivity index (χ1) is 8.74. The molecule has 0 saturated carbocycles. The van der Waals surface area contributed by atoms with Gasteiger partial charge >= 0.3 is 0 Å². The average Bonchev–Trinajstić information content (AvgIpc) is 2.78. The Hall–Kier alpha value is -1.48. The molecular weight excluding hydrogens is 288 g/mol. The van der Waals surface area contributed by atoms with E-state index in [2.05, 4.69) is 57.2 Å². The van der Waals surface area contributed by atoms with Gasteiger partial charge in [0.2, 0.25) is 0 Å². The van der Waals surface area contributed by atoms with Crippen molar-refractivity contribution in [2.24, 2.45) is 0 Å². The number of nitrogens with two attached hydrogens (primary N) is 1. The zero-order chi connectivity index (χ0) is 12.5. The highest BCUT2D eigenvalue weighted by Crippen LogP contribution is 2.29.